The van der Waals surface area contributed by atoms with E-state index in [1.54, 1.807) is 11.9 Å². The summed E-state index contributed by atoms with van der Waals surface area (Å²) in [5.41, 5.74) is -0.306. The van der Waals surface area contributed by atoms with Gasteiger partial charge in [0.2, 0.25) is 11.8 Å². The zero-order valence-corrected chi connectivity index (χ0v) is 15.1. The molecule has 138 valence electrons. The van der Waals surface area contributed by atoms with E-state index in [0.717, 1.165) is 0 Å². The van der Waals surface area contributed by atoms with Crippen LogP contribution in [0.15, 0.2) is 18.2 Å². The molecule has 1 aromatic rings. The van der Waals surface area contributed by atoms with E-state index in [9.17, 15) is 19.7 Å². The molecule has 2 N–H and O–H groups in total. The molecule has 9 heteroatoms. The molecule has 0 bridgehead atoms. The van der Waals surface area contributed by atoms with Crippen molar-refractivity contribution in [3.8, 4) is 5.75 Å². The molecule has 0 aromatic heterocycles. The van der Waals surface area contributed by atoms with E-state index in [1.807, 2.05) is 20.8 Å². The molecule has 0 aliphatic heterocycles. The first-order chi connectivity index (χ1) is 11.5. The van der Waals surface area contributed by atoms with E-state index in [0.29, 0.717) is 5.75 Å². The van der Waals surface area contributed by atoms with Gasteiger partial charge in [-0.05, 0) is 33.9 Å². The van der Waals surface area contributed by atoms with E-state index < -0.39 is 10.8 Å². The van der Waals surface area contributed by atoms with Gasteiger partial charge in [0, 0.05) is 17.7 Å². The van der Waals surface area contributed by atoms with Gasteiger partial charge in [0.1, 0.15) is 5.75 Å². The van der Waals surface area contributed by atoms with Crippen molar-refractivity contribution in [2.75, 3.05) is 32.6 Å². The average Bonchev–Trinajstić information content (AvgIpc) is 2.44. The number of nitro benzene ring substituents is 1. The van der Waals surface area contributed by atoms with Gasteiger partial charge in [0.15, 0.2) is 0 Å². The van der Waals surface area contributed by atoms with Crippen LogP contribution >= 0.6 is 0 Å². The number of nitrogens with zero attached hydrogens (tertiary/aromatic N) is 2. The van der Waals surface area contributed by atoms with E-state index in [2.05, 4.69) is 10.6 Å². The lowest BCUT2D eigenvalue weighted by atomic mass is 10.1. The minimum absolute atomic E-state index is 0.0522. The molecule has 0 saturated carbocycles. The van der Waals surface area contributed by atoms with Crippen LogP contribution in [0.4, 0.5) is 11.4 Å². The summed E-state index contributed by atoms with van der Waals surface area (Å²) in [4.78, 5) is 35.8. The van der Waals surface area contributed by atoms with Crippen LogP contribution in [0.5, 0.6) is 5.75 Å². The van der Waals surface area contributed by atoms with Crippen LogP contribution in [0.2, 0.25) is 0 Å². The number of ether oxygens (including phenoxy) is 1. The van der Waals surface area contributed by atoms with Gasteiger partial charge >= 0.3 is 0 Å². The number of carbonyl (C=O) groups excluding carboxylic acids is 2. The molecule has 0 unspecified atom stereocenters. The Morgan fingerprint density at radius 2 is 1.84 bits per heavy atom. The fraction of sp³-hybridized carbons (Fsp3) is 0.500. The summed E-state index contributed by atoms with van der Waals surface area (Å²) in [7, 11) is 3.03. The molecule has 25 heavy (non-hydrogen) atoms. The van der Waals surface area contributed by atoms with E-state index in [4.69, 9.17) is 4.74 Å². The first kappa shape index (κ1) is 20.4. The third-order valence-corrected chi connectivity index (χ3v) is 3.01. The Balaban J connectivity index is 2.68. The Labute approximate surface area is 146 Å². The third-order valence-electron chi connectivity index (χ3n) is 3.01. The van der Waals surface area contributed by atoms with Crippen LogP contribution in [-0.2, 0) is 9.59 Å². The summed E-state index contributed by atoms with van der Waals surface area (Å²) in [5, 5.41) is 16.2. The molecular formula is C16H24N4O5. The number of carbonyl (C=O) groups is 2. The molecule has 0 fully saturated rings. The second-order valence-corrected chi connectivity index (χ2v) is 6.66. The van der Waals surface area contributed by atoms with Gasteiger partial charge in [-0.3, -0.25) is 24.6 Å². The Bertz CT molecular complexity index is 654. The number of likely N-dealkylation sites (N-methyl/N-ethyl adjacent to an activating group) is 1. The highest BCUT2D eigenvalue weighted by Crippen LogP contribution is 2.28. The van der Waals surface area contributed by atoms with Gasteiger partial charge in [0.05, 0.1) is 30.8 Å². The molecule has 0 heterocycles. The molecule has 0 aliphatic rings. The summed E-state index contributed by atoms with van der Waals surface area (Å²) in [5.74, 6) is -0.298. The number of anilines is 1. The van der Waals surface area contributed by atoms with Crippen LogP contribution in [0, 0.1) is 10.1 Å². The minimum atomic E-state index is -0.557. The highest BCUT2D eigenvalue weighted by atomic mass is 16.6. The van der Waals surface area contributed by atoms with Crippen molar-refractivity contribution in [3.63, 3.8) is 0 Å². The van der Waals surface area contributed by atoms with Crippen molar-refractivity contribution in [2.45, 2.75) is 26.3 Å². The number of benzene rings is 1. The zero-order valence-electron chi connectivity index (χ0n) is 15.1. The fourth-order valence-electron chi connectivity index (χ4n) is 2.10. The summed E-state index contributed by atoms with van der Waals surface area (Å²) >= 11 is 0. The lowest BCUT2D eigenvalue weighted by molar-refractivity contribution is -0.384. The number of hydrogen-bond donors (Lipinski definition) is 2. The number of nitro groups is 1. The predicted octanol–water partition coefficient (Wildman–Crippen LogP) is 1.39. The van der Waals surface area contributed by atoms with Crippen molar-refractivity contribution >= 4 is 23.2 Å². The number of rotatable bonds is 7. The largest absolute Gasteiger partial charge is 0.495 e. The minimum Gasteiger partial charge on any atom is -0.495 e. The molecule has 0 aliphatic carbocycles. The molecule has 0 saturated heterocycles. The topological polar surface area (TPSA) is 114 Å². The van der Waals surface area contributed by atoms with Gasteiger partial charge in [-0.2, -0.15) is 0 Å². The smallest absolute Gasteiger partial charge is 0.271 e. The SMILES string of the molecule is COc1ccc([N+](=O)[O-])cc1NC(=O)CN(C)CC(=O)NC(C)(C)C. The van der Waals surface area contributed by atoms with Crippen molar-refractivity contribution in [2.24, 2.45) is 0 Å². The number of methoxy groups -OCH3 is 1. The lowest BCUT2D eigenvalue weighted by Gasteiger charge is -2.23. The van der Waals surface area contributed by atoms with Gasteiger partial charge in [0.25, 0.3) is 5.69 Å². The zero-order chi connectivity index (χ0) is 19.2. The normalized spacial score (nSPS) is 11.1. The number of non-ortho nitro benzene ring substituents is 1. The molecular weight excluding hydrogens is 328 g/mol. The molecule has 0 radical (unpaired) electrons. The second-order valence-electron chi connectivity index (χ2n) is 6.66. The van der Waals surface area contributed by atoms with Gasteiger partial charge < -0.3 is 15.4 Å². The Kier molecular flexibility index (Phi) is 6.86. The van der Waals surface area contributed by atoms with E-state index >= 15 is 0 Å². The average molecular weight is 352 g/mol. The van der Waals surface area contributed by atoms with Crippen molar-refractivity contribution < 1.29 is 19.2 Å². The predicted molar refractivity (Wildman–Crippen MR) is 93.7 cm³/mol. The molecule has 0 atom stereocenters. The highest BCUT2D eigenvalue weighted by Gasteiger charge is 2.18. The third kappa shape index (κ3) is 7.17. The number of amides is 2. The van der Waals surface area contributed by atoms with Crippen LogP contribution in [0.25, 0.3) is 0 Å². The van der Waals surface area contributed by atoms with E-state index in [-0.39, 0.29) is 35.9 Å². The first-order valence-electron chi connectivity index (χ1n) is 7.63. The van der Waals surface area contributed by atoms with Gasteiger partial charge in [-0.15, -0.1) is 0 Å². The van der Waals surface area contributed by atoms with Crippen molar-refractivity contribution in [1.29, 1.82) is 0 Å². The number of nitrogens with one attached hydrogen (secondary N) is 2. The molecule has 0 spiro atoms. The molecule has 1 rings (SSSR count). The van der Waals surface area contributed by atoms with Gasteiger partial charge in [-0.1, -0.05) is 0 Å². The van der Waals surface area contributed by atoms with E-state index in [1.165, 1.54) is 25.3 Å². The van der Waals surface area contributed by atoms with Crippen molar-refractivity contribution in [1.82, 2.24) is 10.2 Å². The summed E-state index contributed by atoms with van der Waals surface area (Å²) < 4.78 is 5.09. The maximum atomic E-state index is 12.1. The van der Waals surface area contributed by atoms with Gasteiger partial charge in [-0.25, -0.2) is 0 Å². The Hall–Kier alpha value is -2.68. The lowest BCUT2D eigenvalue weighted by Crippen LogP contribution is -2.46. The molecule has 1 aromatic carbocycles. The quantitative estimate of drug-likeness (QED) is 0.566. The molecule has 2 amide bonds. The standard InChI is InChI=1S/C16H24N4O5/c1-16(2,3)18-15(22)10-19(4)9-14(21)17-12-8-11(20(23)24)6-7-13(12)25-5/h6-8H,9-10H2,1-5H3,(H,17,21)(H,18,22). The maximum Gasteiger partial charge on any atom is 0.271 e. The second kappa shape index (κ2) is 8.43. The highest BCUT2D eigenvalue weighted by molar-refractivity contribution is 5.94. The summed E-state index contributed by atoms with van der Waals surface area (Å²) in [6.07, 6.45) is 0. The van der Waals surface area contributed by atoms with Crippen LogP contribution in [0.3, 0.4) is 0 Å². The van der Waals surface area contributed by atoms with Crippen LogP contribution in [-0.4, -0.2) is 54.4 Å². The summed E-state index contributed by atoms with van der Waals surface area (Å²) in [6.45, 7) is 5.60. The number of hydrogen-bond acceptors (Lipinski definition) is 6. The van der Waals surface area contributed by atoms with Crippen LogP contribution < -0.4 is 15.4 Å². The first-order valence-corrected chi connectivity index (χ1v) is 7.63. The van der Waals surface area contributed by atoms with Crippen LogP contribution in [0.1, 0.15) is 20.8 Å². The summed E-state index contributed by atoms with van der Waals surface area (Å²) in [6, 6.07) is 3.93. The monoisotopic (exact) mass is 352 g/mol. The Morgan fingerprint density at radius 3 is 2.36 bits per heavy atom. The van der Waals surface area contributed by atoms with Crippen molar-refractivity contribution in [3.05, 3.63) is 28.3 Å². The fourth-order valence-corrected chi connectivity index (χ4v) is 2.10. The Morgan fingerprint density at radius 1 is 1.24 bits per heavy atom. The maximum absolute atomic E-state index is 12.1. The molecule has 9 nitrogen and oxygen atoms in total.